The number of anilines is 1. The number of benzene rings is 1. The summed E-state index contributed by atoms with van der Waals surface area (Å²) < 4.78 is 2.09. The van der Waals surface area contributed by atoms with Gasteiger partial charge in [-0.2, -0.15) is 0 Å². The van der Waals surface area contributed by atoms with Crippen molar-refractivity contribution < 1.29 is 4.79 Å². The Morgan fingerprint density at radius 2 is 1.90 bits per heavy atom. The summed E-state index contributed by atoms with van der Waals surface area (Å²) >= 11 is 1.74. The molecule has 4 heterocycles. The number of para-hydroxylation sites is 1. The fraction of sp³-hybridized carbons (Fsp3) is 0.292. The van der Waals surface area contributed by atoms with E-state index in [-0.39, 0.29) is 11.8 Å². The van der Waals surface area contributed by atoms with Gasteiger partial charge in [0.25, 0.3) is 0 Å². The SMILES string of the molecule is O=C(NCCc1cccs1)C1CCN(c2cc(-n3ccc4ccccc43)ncn2)CC1. The fourth-order valence-corrected chi connectivity index (χ4v) is 4.91. The molecule has 158 valence electrons. The van der Waals surface area contributed by atoms with Gasteiger partial charge in [-0.15, -0.1) is 11.3 Å². The van der Waals surface area contributed by atoms with E-state index in [0.717, 1.165) is 49.5 Å². The molecule has 1 aromatic carbocycles. The predicted octanol–water partition coefficient (Wildman–Crippen LogP) is 4.06. The van der Waals surface area contributed by atoms with Crippen molar-refractivity contribution in [2.75, 3.05) is 24.5 Å². The van der Waals surface area contributed by atoms with E-state index < -0.39 is 0 Å². The molecule has 7 heteroatoms. The van der Waals surface area contributed by atoms with E-state index in [9.17, 15) is 4.79 Å². The van der Waals surface area contributed by atoms with Crippen LogP contribution >= 0.6 is 11.3 Å². The molecular weight excluding hydrogens is 406 g/mol. The molecule has 0 radical (unpaired) electrons. The first-order chi connectivity index (χ1) is 15.3. The van der Waals surface area contributed by atoms with Gasteiger partial charge >= 0.3 is 0 Å². The smallest absolute Gasteiger partial charge is 0.223 e. The van der Waals surface area contributed by atoms with Gasteiger partial charge in [0.2, 0.25) is 5.91 Å². The van der Waals surface area contributed by atoms with E-state index in [1.54, 1.807) is 17.7 Å². The van der Waals surface area contributed by atoms with E-state index >= 15 is 0 Å². The normalized spacial score (nSPS) is 14.8. The number of thiophene rings is 1. The largest absolute Gasteiger partial charge is 0.356 e. The number of rotatable bonds is 6. The first kappa shape index (κ1) is 19.8. The van der Waals surface area contributed by atoms with Crippen molar-refractivity contribution in [3.05, 3.63) is 71.3 Å². The minimum Gasteiger partial charge on any atom is -0.356 e. The Bertz CT molecular complexity index is 1160. The van der Waals surface area contributed by atoms with Gasteiger partial charge < -0.3 is 14.8 Å². The molecular formula is C24H25N5OS. The number of nitrogens with zero attached hydrogens (tertiary/aromatic N) is 4. The number of carbonyl (C=O) groups excluding carboxylic acids is 1. The number of hydrogen-bond acceptors (Lipinski definition) is 5. The van der Waals surface area contributed by atoms with E-state index in [1.807, 2.05) is 24.4 Å². The van der Waals surface area contributed by atoms with Crippen LogP contribution in [0, 0.1) is 5.92 Å². The summed E-state index contributed by atoms with van der Waals surface area (Å²) in [6.07, 6.45) is 6.26. The second-order valence-corrected chi connectivity index (χ2v) is 8.89. The highest BCUT2D eigenvalue weighted by Crippen LogP contribution is 2.25. The lowest BCUT2D eigenvalue weighted by Gasteiger charge is -2.32. The van der Waals surface area contributed by atoms with Crippen LogP contribution in [0.1, 0.15) is 17.7 Å². The van der Waals surface area contributed by atoms with Crippen LogP contribution in [0.3, 0.4) is 0 Å². The molecule has 0 aliphatic carbocycles. The Morgan fingerprint density at radius 1 is 1.06 bits per heavy atom. The highest BCUT2D eigenvalue weighted by molar-refractivity contribution is 7.09. The molecule has 31 heavy (non-hydrogen) atoms. The Kier molecular flexibility index (Phi) is 5.67. The molecule has 1 aliphatic rings. The molecule has 0 saturated carbocycles. The lowest BCUT2D eigenvalue weighted by molar-refractivity contribution is -0.125. The van der Waals surface area contributed by atoms with Gasteiger partial charge in [-0.25, -0.2) is 9.97 Å². The first-order valence-electron chi connectivity index (χ1n) is 10.7. The quantitative estimate of drug-likeness (QED) is 0.500. The second kappa shape index (κ2) is 8.89. The molecule has 6 nitrogen and oxygen atoms in total. The fourth-order valence-electron chi connectivity index (χ4n) is 4.20. The lowest BCUT2D eigenvalue weighted by Crippen LogP contribution is -2.41. The third kappa shape index (κ3) is 4.32. The van der Waals surface area contributed by atoms with Gasteiger partial charge in [0, 0.05) is 42.7 Å². The Morgan fingerprint density at radius 3 is 2.74 bits per heavy atom. The number of piperidine rings is 1. The summed E-state index contributed by atoms with van der Waals surface area (Å²) in [7, 11) is 0. The van der Waals surface area contributed by atoms with Crippen molar-refractivity contribution in [1.29, 1.82) is 0 Å². The van der Waals surface area contributed by atoms with Gasteiger partial charge in [-0.1, -0.05) is 24.3 Å². The minimum atomic E-state index is 0.0780. The van der Waals surface area contributed by atoms with E-state index in [0.29, 0.717) is 6.54 Å². The molecule has 4 aromatic rings. The summed E-state index contributed by atoms with van der Waals surface area (Å²) in [4.78, 5) is 25.1. The molecule has 1 saturated heterocycles. The molecule has 0 spiro atoms. The van der Waals surface area contributed by atoms with Crippen LogP contribution < -0.4 is 10.2 Å². The average molecular weight is 432 g/mol. The zero-order valence-corrected chi connectivity index (χ0v) is 18.1. The van der Waals surface area contributed by atoms with E-state index in [2.05, 4.69) is 60.5 Å². The zero-order valence-electron chi connectivity index (χ0n) is 17.3. The van der Waals surface area contributed by atoms with Crippen LogP contribution in [0.2, 0.25) is 0 Å². The summed E-state index contributed by atoms with van der Waals surface area (Å²) in [6, 6.07) is 16.6. The summed E-state index contributed by atoms with van der Waals surface area (Å²) in [5, 5.41) is 6.37. The van der Waals surface area contributed by atoms with Crippen molar-refractivity contribution >= 4 is 34.0 Å². The number of hydrogen-bond donors (Lipinski definition) is 1. The van der Waals surface area contributed by atoms with Crippen molar-refractivity contribution in [1.82, 2.24) is 19.9 Å². The Labute approximate surface area is 185 Å². The van der Waals surface area contributed by atoms with Crippen LogP contribution in [0.25, 0.3) is 16.7 Å². The monoisotopic (exact) mass is 431 g/mol. The number of carbonyl (C=O) groups is 1. The maximum absolute atomic E-state index is 12.5. The molecule has 3 aromatic heterocycles. The topological polar surface area (TPSA) is 63.1 Å². The maximum atomic E-state index is 12.5. The minimum absolute atomic E-state index is 0.0780. The number of nitrogens with one attached hydrogen (secondary N) is 1. The van der Waals surface area contributed by atoms with Gasteiger partial charge in [0.1, 0.15) is 18.0 Å². The van der Waals surface area contributed by atoms with Crippen LogP contribution in [0.5, 0.6) is 0 Å². The van der Waals surface area contributed by atoms with Crippen molar-refractivity contribution in [3.8, 4) is 5.82 Å². The number of amides is 1. The number of aromatic nitrogens is 3. The maximum Gasteiger partial charge on any atom is 0.223 e. The first-order valence-corrected chi connectivity index (χ1v) is 11.6. The molecule has 0 unspecified atom stereocenters. The Hall–Kier alpha value is -3.19. The van der Waals surface area contributed by atoms with E-state index in [1.165, 1.54) is 10.3 Å². The summed E-state index contributed by atoms with van der Waals surface area (Å²) in [5.74, 6) is 2.03. The molecule has 0 atom stereocenters. The molecule has 1 N–H and O–H groups in total. The van der Waals surface area contributed by atoms with Crippen molar-refractivity contribution in [2.24, 2.45) is 5.92 Å². The standard InChI is InChI=1S/C24H25N5OS/c30-24(25-11-7-20-5-3-15-31-20)19-8-12-28(13-9-19)22-16-23(27-17-26-22)29-14-10-18-4-1-2-6-21(18)29/h1-6,10,14-17,19H,7-9,11-13H2,(H,25,30). The van der Waals surface area contributed by atoms with Gasteiger partial charge in [-0.05, 0) is 48.2 Å². The van der Waals surface area contributed by atoms with Crippen LogP contribution in [-0.2, 0) is 11.2 Å². The van der Waals surface area contributed by atoms with Gasteiger partial charge in [-0.3, -0.25) is 4.79 Å². The van der Waals surface area contributed by atoms with Gasteiger partial charge in [0.05, 0.1) is 5.52 Å². The highest BCUT2D eigenvalue weighted by atomic mass is 32.1. The third-order valence-corrected chi connectivity index (χ3v) is 6.86. The molecule has 1 amide bonds. The van der Waals surface area contributed by atoms with Gasteiger partial charge in [0.15, 0.2) is 0 Å². The third-order valence-electron chi connectivity index (χ3n) is 5.92. The summed E-state index contributed by atoms with van der Waals surface area (Å²) in [5.41, 5.74) is 1.13. The second-order valence-electron chi connectivity index (χ2n) is 7.86. The van der Waals surface area contributed by atoms with E-state index in [4.69, 9.17) is 0 Å². The van der Waals surface area contributed by atoms with Crippen molar-refractivity contribution in [2.45, 2.75) is 19.3 Å². The van der Waals surface area contributed by atoms with Crippen LogP contribution in [0.4, 0.5) is 5.82 Å². The average Bonchev–Trinajstić information content (AvgIpc) is 3.49. The number of fused-ring (bicyclic) bond motifs is 1. The van der Waals surface area contributed by atoms with Crippen LogP contribution in [-0.4, -0.2) is 40.1 Å². The Balaban J connectivity index is 1.20. The lowest BCUT2D eigenvalue weighted by atomic mass is 9.96. The molecule has 1 fully saturated rings. The molecule has 5 rings (SSSR count). The molecule has 1 aliphatic heterocycles. The predicted molar refractivity (Wildman–Crippen MR) is 125 cm³/mol. The highest BCUT2D eigenvalue weighted by Gasteiger charge is 2.25. The van der Waals surface area contributed by atoms with Crippen molar-refractivity contribution in [3.63, 3.8) is 0 Å². The molecule has 0 bridgehead atoms. The van der Waals surface area contributed by atoms with Crippen LogP contribution in [0.15, 0.2) is 66.4 Å². The summed E-state index contributed by atoms with van der Waals surface area (Å²) in [6.45, 7) is 2.36. The zero-order chi connectivity index (χ0) is 21.0.